The maximum Gasteiger partial charge on any atom is 0.139 e. The minimum absolute atomic E-state index is 0.0322. The van der Waals surface area contributed by atoms with Crippen molar-refractivity contribution in [1.29, 1.82) is 5.41 Å². The molecule has 5 heteroatoms. The Morgan fingerprint density at radius 1 is 1.59 bits per heavy atom. The molecule has 1 aromatic rings. The number of nitrogens with one attached hydrogen (secondary N) is 1. The zero-order valence-corrected chi connectivity index (χ0v) is 10.6. The zero-order valence-electron chi connectivity index (χ0n) is 10.6. The van der Waals surface area contributed by atoms with E-state index >= 15 is 0 Å². The summed E-state index contributed by atoms with van der Waals surface area (Å²) in [6, 6.07) is 3.57. The van der Waals surface area contributed by atoms with Crippen molar-refractivity contribution in [1.82, 2.24) is 4.98 Å². The minimum atomic E-state index is 0.0322. The highest BCUT2D eigenvalue weighted by Gasteiger charge is 2.10. The summed E-state index contributed by atoms with van der Waals surface area (Å²) in [5, 5.41) is 7.49. The molecule has 0 saturated heterocycles. The Kier molecular flexibility index (Phi) is 4.90. The summed E-state index contributed by atoms with van der Waals surface area (Å²) < 4.78 is 5.48. The predicted molar refractivity (Wildman–Crippen MR) is 69.6 cm³/mol. The lowest BCUT2D eigenvalue weighted by molar-refractivity contribution is 0.0845. The van der Waals surface area contributed by atoms with Gasteiger partial charge in [0.05, 0.1) is 18.3 Å². The molecule has 3 N–H and O–H groups in total. The Hall–Kier alpha value is -1.62. The third-order valence-corrected chi connectivity index (χ3v) is 2.32. The van der Waals surface area contributed by atoms with Gasteiger partial charge in [-0.15, -0.1) is 0 Å². The van der Waals surface area contributed by atoms with Crippen LogP contribution in [0, 0.1) is 5.41 Å². The molecule has 0 aliphatic carbocycles. The van der Waals surface area contributed by atoms with Crippen LogP contribution in [0.5, 0.6) is 0 Å². The van der Waals surface area contributed by atoms with Crippen LogP contribution in [0.15, 0.2) is 18.3 Å². The molecular formula is C12H20N4O. The maximum atomic E-state index is 7.49. The molecule has 5 nitrogen and oxygen atoms in total. The largest absolute Gasteiger partial charge is 0.384 e. The Labute approximate surface area is 102 Å². The van der Waals surface area contributed by atoms with Crippen molar-refractivity contribution in [2.24, 2.45) is 5.73 Å². The first-order chi connectivity index (χ1) is 8.02. The Bertz CT molecular complexity index is 379. The number of likely N-dealkylation sites (N-methyl/N-ethyl adjacent to an activating group) is 1. The topological polar surface area (TPSA) is 75.2 Å². The quantitative estimate of drug-likeness (QED) is 0.575. The lowest BCUT2D eigenvalue weighted by Gasteiger charge is -2.21. The van der Waals surface area contributed by atoms with Crippen LogP contribution >= 0.6 is 0 Å². The summed E-state index contributed by atoms with van der Waals surface area (Å²) in [6.07, 6.45) is 1.92. The molecule has 0 aliphatic heterocycles. The monoisotopic (exact) mass is 236 g/mol. The normalized spacial score (nSPS) is 10.6. The van der Waals surface area contributed by atoms with E-state index in [1.807, 2.05) is 25.8 Å². The highest BCUT2D eigenvalue weighted by atomic mass is 16.5. The first kappa shape index (κ1) is 13.4. The van der Waals surface area contributed by atoms with E-state index in [9.17, 15) is 0 Å². The van der Waals surface area contributed by atoms with Crippen LogP contribution in [-0.2, 0) is 4.74 Å². The molecule has 0 aliphatic rings. The standard InChI is InChI=1S/C12H20N4O/c1-9(2)17-8-7-16(3)12-10(11(13)14)5-4-6-15-12/h4-6,9H,7-8H2,1-3H3,(H3,13,14). The van der Waals surface area contributed by atoms with Crippen molar-refractivity contribution in [3.05, 3.63) is 23.9 Å². The van der Waals surface area contributed by atoms with Gasteiger partial charge in [-0.25, -0.2) is 4.98 Å². The first-order valence-corrected chi connectivity index (χ1v) is 5.64. The third kappa shape index (κ3) is 4.03. The van der Waals surface area contributed by atoms with Crippen LogP contribution in [-0.4, -0.2) is 37.1 Å². The second-order valence-electron chi connectivity index (χ2n) is 4.13. The van der Waals surface area contributed by atoms with Gasteiger partial charge in [0.25, 0.3) is 0 Å². The van der Waals surface area contributed by atoms with E-state index < -0.39 is 0 Å². The van der Waals surface area contributed by atoms with Gasteiger partial charge >= 0.3 is 0 Å². The van der Waals surface area contributed by atoms with E-state index in [1.165, 1.54) is 0 Å². The molecule has 0 aromatic carbocycles. The van der Waals surface area contributed by atoms with Gasteiger partial charge in [0, 0.05) is 19.8 Å². The van der Waals surface area contributed by atoms with Gasteiger partial charge in [0.2, 0.25) is 0 Å². The summed E-state index contributed by atoms with van der Waals surface area (Å²) in [7, 11) is 1.92. The fourth-order valence-corrected chi connectivity index (χ4v) is 1.44. The molecular weight excluding hydrogens is 216 g/mol. The predicted octanol–water partition coefficient (Wildman–Crippen LogP) is 1.23. The van der Waals surface area contributed by atoms with Crippen molar-refractivity contribution in [2.75, 3.05) is 25.1 Å². The van der Waals surface area contributed by atoms with E-state index in [-0.39, 0.29) is 11.9 Å². The number of aromatic nitrogens is 1. The van der Waals surface area contributed by atoms with Crippen molar-refractivity contribution in [2.45, 2.75) is 20.0 Å². The van der Waals surface area contributed by atoms with Crippen LogP contribution in [0.3, 0.4) is 0 Å². The van der Waals surface area contributed by atoms with Gasteiger partial charge < -0.3 is 15.4 Å². The minimum Gasteiger partial charge on any atom is -0.384 e. The molecule has 0 atom stereocenters. The van der Waals surface area contributed by atoms with Gasteiger partial charge in [0.1, 0.15) is 11.7 Å². The zero-order chi connectivity index (χ0) is 12.8. The number of nitrogens with two attached hydrogens (primary N) is 1. The first-order valence-electron chi connectivity index (χ1n) is 5.64. The van der Waals surface area contributed by atoms with Crippen molar-refractivity contribution in [3.63, 3.8) is 0 Å². The van der Waals surface area contributed by atoms with Gasteiger partial charge in [-0.05, 0) is 26.0 Å². The Morgan fingerprint density at radius 2 is 2.29 bits per heavy atom. The van der Waals surface area contributed by atoms with Crippen LogP contribution in [0.2, 0.25) is 0 Å². The molecule has 1 aromatic heterocycles. The van der Waals surface area contributed by atoms with E-state index in [0.29, 0.717) is 18.0 Å². The van der Waals surface area contributed by atoms with Crippen LogP contribution in [0.1, 0.15) is 19.4 Å². The number of pyridine rings is 1. The lowest BCUT2D eigenvalue weighted by atomic mass is 10.2. The number of anilines is 1. The second-order valence-corrected chi connectivity index (χ2v) is 4.13. The van der Waals surface area contributed by atoms with Gasteiger partial charge in [-0.2, -0.15) is 0 Å². The van der Waals surface area contributed by atoms with Gasteiger partial charge in [-0.3, -0.25) is 5.41 Å². The average molecular weight is 236 g/mol. The molecule has 0 spiro atoms. The molecule has 0 radical (unpaired) electrons. The SMILES string of the molecule is CC(C)OCCN(C)c1ncccc1C(=N)N. The summed E-state index contributed by atoms with van der Waals surface area (Å²) in [5.41, 5.74) is 6.17. The number of amidine groups is 1. The molecule has 1 rings (SSSR count). The Balaban J connectivity index is 2.68. The highest BCUT2D eigenvalue weighted by Crippen LogP contribution is 2.14. The Morgan fingerprint density at radius 3 is 2.88 bits per heavy atom. The number of nitrogens with zero attached hydrogens (tertiary/aromatic N) is 2. The van der Waals surface area contributed by atoms with E-state index in [4.69, 9.17) is 15.9 Å². The molecule has 0 bridgehead atoms. The number of nitrogen functional groups attached to an aromatic ring is 1. The second kappa shape index (κ2) is 6.20. The van der Waals surface area contributed by atoms with E-state index in [1.54, 1.807) is 18.3 Å². The number of hydrogen-bond donors (Lipinski definition) is 2. The average Bonchev–Trinajstić information content (AvgIpc) is 2.28. The lowest BCUT2D eigenvalue weighted by Crippen LogP contribution is -2.27. The maximum absolute atomic E-state index is 7.49. The fourth-order valence-electron chi connectivity index (χ4n) is 1.44. The molecule has 0 fully saturated rings. The number of rotatable bonds is 6. The molecule has 0 amide bonds. The highest BCUT2D eigenvalue weighted by molar-refractivity contribution is 5.99. The summed E-state index contributed by atoms with van der Waals surface area (Å²) in [6.45, 7) is 5.35. The van der Waals surface area contributed by atoms with Crippen LogP contribution in [0.25, 0.3) is 0 Å². The number of hydrogen-bond acceptors (Lipinski definition) is 4. The van der Waals surface area contributed by atoms with Crippen molar-refractivity contribution < 1.29 is 4.74 Å². The van der Waals surface area contributed by atoms with Crippen LogP contribution < -0.4 is 10.6 Å². The molecule has 0 saturated carbocycles. The van der Waals surface area contributed by atoms with Gasteiger partial charge in [0.15, 0.2) is 0 Å². The van der Waals surface area contributed by atoms with E-state index in [2.05, 4.69) is 4.98 Å². The fraction of sp³-hybridized carbons (Fsp3) is 0.500. The molecule has 94 valence electrons. The van der Waals surface area contributed by atoms with E-state index in [0.717, 1.165) is 6.54 Å². The third-order valence-electron chi connectivity index (χ3n) is 2.32. The van der Waals surface area contributed by atoms with Crippen LogP contribution in [0.4, 0.5) is 5.82 Å². The van der Waals surface area contributed by atoms with Gasteiger partial charge in [-0.1, -0.05) is 0 Å². The summed E-state index contributed by atoms with van der Waals surface area (Å²) in [5.74, 6) is 0.747. The molecule has 1 heterocycles. The van der Waals surface area contributed by atoms with Crippen molar-refractivity contribution in [3.8, 4) is 0 Å². The summed E-state index contributed by atoms with van der Waals surface area (Å²) >= 11 is 0. The van der Waals surface area contributed by atoms with Crippen molar-refractivity contribution >= 4 is 11.7 Å². The smallest absolute Gasteiger partial charge is 0.139 e. The summed E-state index contributed by atoms with van der Waals surface area (Å²) in [4.78, 5) is 6.19. The molecule has 0 unspecified atom stereocenters. The number of ether oxygens (including phenoxy) is 1. The molecule has 17 heavy (non-hydrogen) atoms.